The molecule has 6 nitrogen and oxygen atoms in total. The first-order valence-electron chi connectivity index (χ1n) is 6.77. The summed E-state index contributed by atoms with van der Waals surface area (Å²) in [5.41, 5.74) is 5.24. The predicted molar refractivity (Wildman–Crippen MR) is 72.7 cm³/mol. The second kappa shape index (κ2) is 6.23. The summed E-state index contributed by atoms with van der Waals surface area (Å²) < 4.78 is 5.30. The van der Waals surface area contributed by atoms with Gasteiger partial charge in [-0.1, -0.05) is 6.92 Å². The molecule has 1 atom stereocenters. The number of rotatable bonds is 2. The van der Waals surface area contributed by atoms with Gasteiger partial charge in [0.05, 0.1) is 6.04 Å². The lowest BCUT2D eigenvalue weighted by molar-refractivity contribution is -0.134. The van der Waals surface area contributed by atoms with Crippen LogP contribution in [0.2, 0.25) is 0 Å². The Kier molecular flexibility index (Phi) is 5.17. The molecule has 0 unspecified atom stereocenters. The van der Waals surface area contributed by atoms with Gasteiger partial charge < -0.3 is 20.3 Å². The van der Waals surface area contributed by atoms with Crippen LogP contribution in [-0.4, -0.2) is 59.6 Å². The Morgan fingerprint density at radius 2 is 1.63 bits per heavy atom. The van der Waals surface area contributed by atoms with Crippen molar-refractivity contribution in [2.24, 2.45) is 5.73 Å². The predicted octanol–water partition coefficient (Wildman–Crippen LogP) is 0.803. The maximum absolute atomic E-state index is 11.9. The fourth-order valence-corrected chi connectivity index (χ4v) is 1.85. The molecule has 0 aromatic carbocycles. The Hall–Kier alpha value is -1.30. The van der Waals surface area contributed by atoms with E-state index < -0.39 is 11.6 Å². The first-order valence-corrected chi connectivity index (χ1v) is 6.77. The molecule has 1 heterocycles. The molecule has 0 spiro atoms. The normalized spacial score (nSPS) is 18.2. The first-order chi connectivity index (χ1) is 8.74. The number of hydrogen-bond donors (Lipinski definition) is 1. The van der Waals surface area contributed by atoms with E-state index >= 15 is 0 Å². The lowest BCUT2D eigenvalue weighted by atomic mass is 10.2. The number of amides is 2. The first kappa shape index (κ1) is 15.8. The van der Waals surface area contributed by atoms with Gasteiger partial charge in [0.15, 0.2) is 0 Å². The van der Waals surface area contributed by atoms with Crippen LogP contribution in [0.15, 0.2) is 0 Å². The van der Waals surface area contributed by atoms with Crippen LogP contribution in [0, 0.1) is 0 Å². The minimum Gasteiger partial charge on any atom is -0.444 e. The third-order valence-electron chi connectivity index (χ3n) is 3.00. The highest BCUT2D eigenvalue weighted by Crippen LogP contribution is 2.12. The zero-order valence-electron chi connectivity index (χ0n) is 12.3. The van der Waals surface area contributed by atoms with Gasteiger partial charge in [-0.3, -0.25) is 4.79 Å². The Morgan fingerprint density at radius 1 is 1.16 bits per heavy atom. The van der Waals surface area contributed by atoms with Gasteiger partial charge in [0, 0.05) is 26.2 Å². The van der Waals surface area contributed by atoms with E-state index in [1.54, 1.807) is 9.80 Å². The largest absolute Gasteiger partial charge is 0.444 e. The van der Waals surface area contributed by atoms with Crippen molar-refractivity contribution in [1.29, 1.82) is 0 Å². The SMILES string of the molecule is CC[C@@H](N)C(=O)N1CCN(C(=O)OC(C)(C)C)CC1. The molecule has 0 aromatic heterocycles. The van der Waals surface area contributed by atoms with E-state index in [2.05, 4.69) is 0 Å². The van der Waals surface area contributed by atoms with Crippen molar-refractivity contribution in [1.82, 2.24) is 9.80 Å². The standard InChI is InChI=1S/C13H25N3O3/c1-5-10(14)11(17)15-6-8-16(9-7-15)12(18)19-13(2,3)4/h10H,5-9,14H2,1-4H3/t10-/m1/s1. The van der Waals surface area contributed by atoms with E-state index in [-0.39, 0.29) is 12.0 Å². The second-order valence-corrected chi connectivity index (χ2v) is 5.81. The average molecular weight is 271 g/mol. The molecule has 0 aromatic rings. The second-order valence-electron chi connectivity index (χ2n) is 5.81. The van der Waals surface area contributed by atoms with Gasteiger partial charge in [0.2, 0.25) is 5.91 Å². The lowest BCUT2D eigenvalue weighted by Crippen LogP contribution is -2.54. The molecule has 0 aliphatic carbocycles. The van der Waals surface area contributed by atoms with Crippen LogP contribution in [-0.2, 0) is 9.53 Å². The van der Waals surface area contributed by atoms with Crippen molar-refractivity contribution in [3.8, 4) is 0 Å². The van der Waals surface area contributed by atoms with Gasteiger partial charge in [0.25, 0.3) is 0 Å². The number of ether oxygens (including phenoxy) is 1. The molecule has 6 heteroatoms. The van der Waals surface area contributed by atoms with Gasteiger partial charge in [0.1, 0.15) is 5.60 Å². The fourth-order valence-electron chi connectivity index (χ4n) is 1.85. The molecule has 1 saturated heterocycles. The number of nitrogens with two attached hydrogens (primary N) is 1. The van der Waals surface area contributed by atoms with Crippen LogP contribution in [0.4, 0.5) is 4.79 Å². The van der Waals surface area contributed by atoms with Crippen molar-refractivity contribution in [2.75, 3.05) is 26.2 Å². The lowest BCUT2D eigenvalue weighted by Gasteiger charge is -2.36. The van der Waals surface area contributed by atoms with Gasteiger partial charge in [-0.15, -0.1) is 0 Å². The maximum atomic E-state index is 11.9. The summed E-state index contributed by atoms with van der Waals surface area (Å²) >= 11 is 0. The zero-order valence-corrected chi connectivity index (χ0v) is 12.3. The smallest absolute Gasteiger partial charge is 0.410 e. The zero-order chi connectivity index (χ0) is 14.6. The fraction of sp³-hybridized carbons (Fsp3) is 0.846. The van der Waals surface area contributed by atoms with E-state index in [0.717, 1.165) is 0 Å². The van der Waals surface area contributed by atoms with Crippen molar-refractivity contribution >= 4 is 12.0 Å². The Labute approximate surface area is 114 Å². The summed E-state index contributed by atoms with van der Waals surface area (Å²) in [7, 11) is 0. The topological polar surface area (TPSA) is 75.9 Å². The number of carbonyl (C=O) groups excluding carboxylic acids is 2. The Morgan fingerprint density at radius 3 is 2.05 bits per heavy atom. The van der Waals surface area contributed by atoms with Gasteiger partial charge >= 0.3 is 6.09 Å². The van der Waals surface area contributed by atoms with Gasteiger partial charge in [-0.25, -0.2) is 4.79 Å². The molecule has 1 aliphatic rings. The van der Waals surface area contributed by atoms with E-state index in [9.17, 15) is 9.59 Å². The third-order valence-corrected chi connectivity index (χ3v) is 3.00. The molecule has 1 aliphatic heterocycles. The average Bonchev–Trinajstić information content (AvgIpc) is 2.35. The molecule has 1 rings (SSSR count). The number of hydrogen-bond acceptors (Lipinski definition) is 4. The summed E-state index contributed by atoms with van der Waals surface area (Å²) in [5.74, 6) is -0.0358. The quantitative estimate of drug-likeness (QED) is 0.806. The molecule has 0 radical (unpaired) electrons. The molecule has 1 fully saturated rings. The molecule has 0 bridgehead atoms. The number of nitrogens with zero attached hydrogens (tertiary/aromatic N) is 2. The van der Waals surface area contributed by atoms with Crippen LogP contribution >= 0.6 is 0 Å². The van der Waals surface area contributed by atoms with Gasteiger partial charge in [-0.2, -0.15) is 0 Å². The molecule has 2 amide bonds. The summed E-state index contributed by atoms with van der Waals surface area (Å²) in [6, 6.07) is -0.437. The van der Waals surface area contributed by atoms with Crippen LogP contribution in [0.3, 0.4) is 0 Å². The maximum Gasteiger partial charge on any atom is 0.410 e. The van der Waals surface area contributed by atoms with Crippen LogP contribution in [0.25, 0.3) is 0 Å². The minimum atomic E-state index is -0.491. The van der Waals surface area contributed by atoms with E-state index in [1.807, 2.05) is 27.7 Å². The van der Waals surface area contributed by atoms with Crippen molar-refractivity contribution in [3.63, 3.8) is 0 Å². The van der Waals surface area contributed by atoms with Crippen molar-refractivity contribution in [3.05, 3.63) is 0 Å². The highest BCUT2D eigenvalue weighted by atomic mass is 16.6. The molecule has 19 heavy (non-hydrogen) atoms. The molecular formula is C13H25N3O3. The van der Waals surface area contributed by atoms with E-state index in [1.165, 1.54) is 0 Å². The van der Waals surface area contributed by atoms with Crippen molar-refractivity contribution < 1.29 is 14.3 Å². The molecular weight excluding hydrogens is 246 g/mol. The minimum absolute atomic E-state index is 0.0358. The molecule has 0 saturated carbocycles. The van der Waals surface area contributed by atoms with E-state index in [4.69, 9.17) is 10.5 Å². The summed E-state index contributed by atoms with van der Waals surface area (Å²) in [6.45, 7) is 9.44. The van der Waals surface area contributed by atoms with Crippen LogP contribution in [0.5, 0.6) is 0 Å². The highest BCUT2D eigenvalue weighted by Gasteiger charge is 2.28. The van der Waals surface area contributed by atoms with Crippen molar-refractivity contribution in [2.45, 2.75) is 45.8 Å². The third kappa shape index (κ3) is 4.70. The summed E-state index contributed by atoms with van der Waals surface area (Å²) in [4.78, 5) is 27.1. The molecule has 2 N–H and O–H groups in total. The number of piperazine rings is 1. The molecule has 110 valence electrons. The van der Waals surface area contributed by atoms with E-state index in [0.29, 0.717) is 32.6 Å². The summed E-state index contributed by atoms with van der Waals surface area (Å²) in [5, 5.41) is 0. The Bertz CT molecular complexity index is 331. The van der Waals surface area contributed by atoms with Crippen LogP contribution in [0.1, 0.15) is 34.1 Å². The van der Waals surface area contributed by atoms with Crippen LogP contribution < -0.4 is 5.73 Å². The van der Waals surface area contributed by atoms with Gasteiger partial charge in [-0.05, 0) is 27.2 Å². The Balaban J connectivity index is 2.45. The number of carbonyl (C=O) groups is 2. The summed E-state index contributed by atoms with van der Waals surface area (Å²) in [6.07, 6.45) is 0.310. The monoisotopic (exact) mass is 271 g/mol. The highest BCUT2D eigenvalue weighted by molar-refractivity contribution is 5.82.